The van der Waals surface area contributed by atoms with Gasteiger partial charge in [-0.3, -0.25) is 4.79 Å². The van der Waals surface area contributed by atoms with Crippen molar-refractivity contribution in [2.45, 2.75) is 337 Å². The molecule has 0 N–H and O–H groups in total. The zero-order valence-corrected chi connectivity index (χ0v) is 49.9. The van der Waals surface area contributed by atoms with Crippen LogP contribution in [0.15, 0.2) is 60.3 Å². The molecule has 0 spiro atoms. The quantitative estimate of drug-likeness (QED) is 0.0345. The van der Waals surface area contributed by atoms with Crippen LogP contribution in [0.1, 0.15) is 330 Å². The smallest absolute Gasteiger partial charge is 0.306 e. The van der Waals surface area contributed by atoms with Crippen molar-refractivity contribution in [1.29, 1.82) is 0 Å². The van der Waals surface area contributed by atoms with E-state index in [1.807, 2.05) is 0 Å². The standard InChI is InChI=1S/C71H124O2/c1-7-8-9-10-11-12-13-14-15-16-17-18-19-20-21-22-23-24-25-26-27-28-29-30-31-32-33-34-35-36-37-38-39-40-41-42-43-44-45-46-47-51-69(72)73-64-56-58-70(5)63(60-64)52-53-65-67-55-54-66(62(4)50-48-49-61(2)3)71(67,6)59-57-68(65)70/h8-9,11-12,14-15,17-18,52,61-62,64-68H,7,10,13,16,19-51,53-60H2,1-6H3/b9-8-,12-11-,15-14-,18-17-. The lowest BCUT2D eigenvalue weighted by atomic mass is 9.47. The molecule has 0 saturated heterocycles. The Labute approximate surface area is 456 Å². The molecular weight excluding hydrogens is 885 g/mol. The van der Waals surface area contributed by atoms with E-state index < -0.39 is 0 Å². The van der Waals surface area contributed by atoms with Crippen LogP contribution in [-0.4, -0.2) is 12.1 Å². The maximum absolute atomic E-state index is 13.0. The van der Waals surface area contributed by atoms with E-state index >= 15 is 0 Å². The van der Waals surface area contributed by atoms with Crippen molar-refractivity contribution >= 4 is 5.97 Å². The zero-order chi connectivity index (χ0) is 52.1. The van der Waals surface area contributed by atoms with E-state index in [4.69, 9.17) is 4.74 Å². The highest BCUT2D eigenvalue weighted by molar-refractivity contribution is 5.69. The van der Waals surface area contributed by atoms with Gasteiger partial charge in [-0.05, 0) is 136 Å². The van der Waals surface area contributed by atoms with E-state index in [-0.39, 0.29) is 12.1 Å². The fourth-order valence-corrected chi connectivity index (χ4v) is 15.2. The normalized spacial score (nSPS) is 25.6. The second-order valence-corrected chi connectivity index (χ2v) is 26.1. The minimum absolute atomic E-state index is 0.0689. The first-order valence-corrected chi connectivity index (χ1v) is 33.2. The molecule has 0 aliphatic heterocycles. The van der Waals surface area contributed by atoms with Gasteiger partial charge in [0.15, 0.2) is 0 Å². The predicted octanol–water partition coefficient (Wildman–Crippen LogP) is 23.4. The van der Waals surface area contributed by atoms with Crippen LogP contribution in [0.4, 0.5) is 0 Å². The van der Waals surface area contributed by atoms with Crippen molar-refractivity contribution in [3.63, 3.8) is 0 Å². The molecule has 0 radical (unpaired) electrons. The Morgan fingerprint density at radius 1 is 0.534 bits per heavy atom. The number of fused-ring (bicyclic) bond motifs is 5. The number of carbonyl (C=O) groups excluding carboxylic acids is 1. The van der Waals surface area contributed by atoms with E-state index in [1.165, 1.54) is 238 Å². The SMILES string of the molecule is CC/C=C\C/C=C\C/C=C\C/C=C\CCCCCCCCCCCCCCCCCCCCCCCCCCCCCCC(=O)OC1CCC2(C)C(=CCC3C2CCC2(C)C(C(C)CCCC(C)C)CCC32)C1. The third-order valence-electron chi connectivity index (χ3n) is 19.8. The van der Waals surface area contributed by atoms with Crippen molar-refractivity contribution in [1.82, 2.24) is 0 Å². The Hall–Kier alpha value is -1.83. The van der Waals surface area contributed by atoms with Gasteiger partial charge in [-0.2, -0.15) is 0 Å². The summed E-state index contributed by atoms with van der Waals surface area (Å²) in [5, 5.41) is 0. The first-order chi connectivity index (χ1) is 35.7. The maximum Gasteiger partial charge on any atom is 0.306 e. The van der Waals surface area contributed by atoms with Crippen LogP contribution in [0.2, 0.25) is 0 Å². The number of hydrogen-bond donors (Lipinski definition) is 0. The van der Waals surface area contributed by atoms with Gasteiger partial charge in [0.2, 0.25) is 0 Å². The summed E-state index contributed by atoms with van der Waals surface area (Å²) in [6, 6.07) is 0. The molecule has 0 aromatic heterocycles. The van der Waals surface area contributed by atoms with Crippen molar-refractivity contribution in [3.05, 3.63) is 60.3 Å². The Balaban J connectivity index is 0.839. The lowest BCUT2D eigenvalue weighted by molar-refractivity contribution is -0.151. The fourth-order valence-electron chi connectivity index (χ4n) is 15.2. The number of ether oxygens (including phenoxy) is 1. The molecule has 0 aromatic rings. The lowest BCUT2D eigenvalue weighted by Gasteiger charge is -2.58. The summed E-state index contributed by atoms with van der Waals surface area (Å²) in [5.74, 6) is 5.32. The van der Waals surface area contributed by atoms with Crippen molar-refractivity contribution in [2.75, 3.05) is 0 Å². The number of carbonyl (C=O) groups is 1. The molecule has 0 amide bonds. The molecule has 3 fully saturated rings. The Bertz CT molecular complexity index is 1530. The molecule has 4 rings (SSSR count). The van der Waals surface area contributed by atoms with Gasteiger partial charge in [-0.1, -0.05) is 288 Å². The van der Waals surface area contributed by atoms with Crippen LogP contribution in [0.25, 0.3) is 0 Å². The third kappa shape index (κ3) is 25.5. The van der Waals surface area contributed by atoms with Crippen LogP contribution in [0, 0.1) is 46.3 Å². The molecular formula is C71H124O2. The number of esters is 1. The summed E-state index contributed by atoms with van der Waals surface area (Å²) >= 11 is 0. The summed E-state index contributed by atoms with van der Waals surface area (Å²) in [6.45, 7) is 14.9. The number of allylic oxidation sites excluding steroid dienone is 9. The number of rotatable bonds is 44. The van der Waals surface area contributed by atoms with Gasteiger partial charge in [-0.25, -0.2) is 0 Å². The minimum atomic E-state index is 0.0689. The summed E-state index contributed by atoms with van der Waals surface area (Å²) in [5.41, 5.74) is 2.53. The average Bonchev–Trinajstić information content (AvgIpc) is 3.74. The topological polar surface area (TPSA) is 26.3 Å². The van der Waals surface area contributed by atoms with Gasteiger partial charge < -0.3 is 4.74 Å². The summed E-state index contributed by atoms with van der Waals surface area (Å²) in [6.07, 6.45) is 81.3. The second-order valence-electron chi connectivity index (χ2n) is 26.1. The van der Waals surface area contributed by atoms with E-state index in [2.05, 4.69) is 96.2 Å². The molecule has 420 valence electrons. The zero-order valence-electron chi connectivity index (χ0n) is 49.9. The molecule has 73 heavy (non-hydrogen) atoms. The largest absolute Gasteiger partial charge is 0.462 e. The fraction of sp³-hybridized carbons (Fsp3) is 0.845. The Morgan fingerprint density at radius 2 is 1.00 bits per heavy atom. The van der Waals surface area contributed by atoms with Gasteiger partial charge in [0, 0.05) is 12.8 Å². The predicted molar refractivity (Wildman–Crippen MR) is 322 cm³/mol. The molecule has 0 heterocycles. The van der Waals surface area contributed by atoms with Crippen molar-refractivity contribution in [3.8, 4) is 0 Å². The maximum atomic E-state index is 13.0. The van der Waals surface area contributed by atoms with Gasteiger partial charge in [0.05, 0.1) is 0 Å². The number of unbranched alkanes of at least 4 members (excludes halogenated alkanes) is 28. The molecule has 0 aromatic carbocycles. The Kier molecular flexibility index (Phi) is 34.5. The van der Waals surface area contributed by atoms with Gasteiger partial charge >= 0.3 is 5.97 Å². The summed E-state index contributed by atoms with van der Waals surface area (Å²) < 4.78 is 6.19. The molecule has 8 unspecified atom stereocenters. The first kappa shape index (κ1) is 63.7. The minimum Gasteiger partial charge on any atom is -0.462 e. The van der Waals surface area contributed by atoms with E-state index in [0.717, 1.165) is 80.5 Å². The molecule has 4 aliphatic carbocycles. The van der Waals surface area contributed by atoms with E-state index in [9.17, 15) is 4.79 Å². The van der Waals surface area contributed by atoms with Crippen LogP contribution in [-0.2, 0) is 9.53 Å². The Morgan fingerprint density at radius 3 is 1.49 bits per heavy atom. The van der Waals surface area contributed by atoms with Crippen LogP contribution in [0.5, 0.6) is 0 Å². The highest BCUT2D eigenvalue weighted by atomic mass is 16.5. The average molecular weight is 1010 g/mol. The highest BCUT2D eigenvalue weighted by Gasteiger charge is 2.59. The summed E-state index contributed by atoms with van der Waals surface area (Å²) in [4.78, 5) is 13.0. The first-order valence-electron chi connectivity index (χ1n) is 33.2. The molecule has 2 nitrogen and oxygen atoms in total. The highest BCUT2D eigenvalue weighted by Crippen LogP contribution is 2.67. The van der Waals surface area contributed by atoms with Crippen molar-refractivity contribution in [2.24, 2.45) is 46.3 Å². The second kappa shape index (κ2) is 39.5. The van der Waals surface area contributed by atoms with Crippen molar-refractivity contribution < 1.29 is 9.53 Å². The van der Waals surface area contributed by atoms with Crippen LogP contribution in [0.3, 0.4) is 0 Å². The molecule has 4 aliphatic rings. The van der Waals surface area contributed by atoms with Gasteiger partial charge in [0.1, 0.15) is 6.10 Å². The summed E-state index contributed by atoms with van der Waals surface area (Å²) in [7, 11) is 0. The molecule has 0 bridgehead atoms. The molecule has 8 atom stereocenters. The molecule has 3 saturated carbocycles. The third-order valence-corrected chi connectivity index (χ3v) is 19.8. The lowest BCUT2D eigenvalue weighted by Crippen LogP contribution is -2.51. The molecule has 2 heteroatoms. The number of hydrogen-bond acceptors (Lipinski definition) is 2. The van der Waals surface area contributed by atoms with Crippen LogP contribution >= 0.6 is 0 Å². The van der Waals surface area contributed by atoms with Gasteiger partial charge in [-0.15, -0.1) is 0 Å². The van der Waals surface area contributed by atoms with Gasteiger partial charge in [0.25, 0.3) is 0 Å². The van der Waals surface area contributed by atoms with Crippen LogP contribution < -0.4 is 0 Å². The van der Waals surface area contributed by atoms with E-state index in [0.29, 0.717) is 17.3 Å². The van der Waals surface area contributed by atoms with E-state index in [1.54, 1.807) is 5.57 Å². The monoisotopic (exact) mass is 1010 g/mol.